The van der Waals surface area contributed by atoms with Crippen LogP contribution in [0.15, 0.2) is 30.3 Å². The number of halogens is 1. The maximum Gasteiger partial charge on any atom is 0.0662 e. The third-order valence-electron chi connectivity index (χ3n) is 4.54. The van der Waals surface area contributed by atoms with Crippen LogP contribution in [-0.4, -0.2) is 40.4 Å². The molecule has 126 valence electrons. The molecule has 0 unspecified atom stereocenters. The van der Waals surface area contributed by atoms with E-state index in [4.69, 9.17) is 5.10 Å². The van der Waals surface area contributed by atoms with Crippen LogP contribution >= 0.6 is 12.4 Å². The zero-order valence-corrected chi connectivity index (χ0v) is 15.1. The molecule has 1 fully saturated rings. The zero-order valence-electron chi connectivity index (χ0n) is 14.2. The summed E-state index contributed by atoms with van der Waals surface area (Å²) in [7, 11) is 0. The van der Waals surface area contributed by atoms with Crippen LogP contribution in [0.5, 0.6) is 0 Å². The highest BCUT2D eigenvalue weighted by atomic mass is 35.5. The molecule has 1 aromatic carbocycles. The van der Waals surface area contributed by atoms with Crippen molar-refractivity contribution in [3.05, 3.63) is 52.8 Å². The molecule has 0 radical (unpaired) electrons. The standard InChI is InChI=1S/C18H26N4.ClH/c1-14-11-21(10-9-19-14)13-18-15(2)20-22(16(18)3)12-17-7-5-4-6-8-17;/h4-8,14,19H,9-13H2,1-3H3;1H/t14-;/m0./s1. The van der Waals surface area contributed by atoms with Crippen molar-refractivity contribution in [1.82, 2.24) is 20.0 Å². The van der Waals surface area contributed by atoms with Gasteiger partial charge < -0.3 is 5.32 Å². The molecule has 0 saturated carbocycles. The van der Waals surface area contributed by atoms with Crippen LogP contribution in [0.4, 0.5) is 0 Å². The van der Waals surface area contributed by atoms with E-state index >= 15 is 0 Å². The van der Waals surface area contributed by atoms with Crippen molar-refractivity contribution in [1.29, 1.82) is 0 Å². The SMILES string of the molecule is Cc1nn(Cc2ccccc2)c(C)c1CN1CCN[C@@H](C)C1.Cl. The first-order valence-corrected chi connectivity index (χ1v) is 8.16. The molecule has 2 aromatic rings. The Hall–Kier alpha value is -1.36. The van der Waals surface area contributed by atoms with E-state index < -0.39 is 0 Å². The van der Waals surface area contributed by atoms with Crippen LogP contribution in [0.3, 0.4) is 0 Å². The molecule has 1 atom stereocenters. The molecule has 0 bridgehead atoms. The van der Waals surface area contributed by atoms with Crippen molar-refractivity contribution in [2.45, 2.75) is 39.9 Å². The highest BCUT2D eigenvalue weighted by Gasteiger charge is 2.19. The molecule has 1 aliphatic heterocycles. The largest absolute Gasteiger partial charge is 0.312 e. The lowest BCUT2D eigenvalue weighted by Gasteiger charge is -2.31. The molecule has 3 rings (SSSR count). The summed E-state index contributed by atoms with van der Waals surface area (Å²) in [6, 6.07) is 11.1. The molecule has 5 heteroatoms. The summed E-state index contributed by atoms with van der Waals surface area (Å²) in [5.41, 5.74) is 5.16. The van der Waals surface area contributed by atoms with Gasteiger partial charge in [-0.05, 0) is 26.3 Å². The summed E-state index contributed by atoms with van der Waals surface area (Å²) in [5, 5.41) is 8.27. The molecular formula is C18H27ClN4. The minimum absolute atomic E-state index is 0. The first-order valence-electron chi connectivity index (χ1n) is 8.16. The molecular weight excluding hydrogens is 308 g/mol. The molecule has 1 N–H and O–H groups in total. The van der Waals surface area contributed by atoms with Gasteiger partial charge in [0, 0.05) is 43.5 Å². The van der Waals surface area contributed by atoms with Gasteiger partial charge in [-0.1, -0.05) is 30.3 Å². The topological polar surface area (TPSA) is 33.1 Å². The number of nitrogens with zero attached hydrogens (tertiary/aromatic N) is 3. The van der Waals surface area contributed by atoms with Crippen LogP contribution in [0.25, 0.3) is 0 Å². The molecule has 1 aromatic heterocycles. The minimum atomic E-state index is 0. The number of hydrogen-bond acceptors (Lipinski definition) is 3. The van der Waals surface area contributed by atoms with E-state index in [9.17, 15) is 0 Å². The van der Waals surface area contributed by atoms with E-state index in [2.05, 4.69) is 66.0 Å². The van der Waals surface area contributed by atoms with E-state index in [1.807, 2.05) is 0 Å². The Bertz CT molecular complexity index is 623. The molecule has 23 heavy (non-hydrogen) atoms. The molecule has 4 nitrogen and oxygen atoms in total. The van der Waals surface area contributed by atoms with Crippen LogP contribution < -0.4 is 5.32 Å². The fourth-order valence-electron chi connectivity index (χ4n) is 3.25. The number of benzene rings is 1. The number of aryl methyl sites for hydroxylation is 1. The number of hydrogen-bond donors (Lipinski definition) is 1. The van der Waals surface area contributed by atoms with E-state index in [1.165, 1.54) is 22.5 Å². The second-order valence-corrected chi connectivity index (χ2v) is 6.38. The third-order valence-corrected chi connectivity index (χ3v) is 4.54. The Kier molecular flexibility index (Phi) is 6.22. The van der Waals surface area contributed by atoms with E-state index in [1.54, 1.807) is 0 Å². The Morgan fingerprint density at radius 1 is 1.17 bits per heavy atom. The summed E-state index contributed by atoms with van der Waals surface area (Å²) in [6.07, 6.45) is 0. The van der Waals surface area contributed by atoms with Gasteiger partial charge in [-0.2, -0.15) is 5.10 Å². The molecule has 1 aliphatic rings. The quantitative estimate of drug-likeness (QED) is 0.933. The Morgan fingerprint density at radius 3 is 2.61 bits per heavy atom. The number of piperazine rings is 1. The molecule has 0 spiro atoms. The van der Waals surface area contributed by atoms with Gasteiger partial charge in [-0.15, -0.1) is 12.4 Å². The molecule has 2 heterocycles. The second kappa shape index (κ2) is 7.95. The summed E-state index contributed by atoms with van der Waals surface area (Å²) in [4.78, 5) is 2.53. The smallest absolute Gasteiger partial charge is 0.0662 e. The van der Waals surface area contributed by atoms with Gasteiger partial charge >= 0.3 is 0 Å². The van der Waals surface area contributed by atoms with Crippen molar-refractivity contribution >= 4 is 12.4 Å². The van der Waals surface area contributed by atoms with Gasteiger partial charge in [0.15, 0.2) is 0 Å². The predicted molar refractivity (Wildman–Crippen MR) is 97.2 cm³/mol. The second-order valence-electron chi connectivity index (χ2n) is 6.38. The lowest BCUT2D eigenvalue weighted by molar-refractivity contribution is 0.199. The van der Waals surface area contributed by atoms with Crippen LogP contribution in [0.2, 0.25) is 0 Å². The van der Waals surface area contributed by atoms with E-state index in [0.29, 0.717) is 6.04 Å². The van der Waals surface area contributed by atoms with Crippen molar-refractivity contribution in [2.75, 3.05) is 19.6 Å². The third kappa shape index (κ3) is 4.34. The lowest BCUT2D eigenvalue weighted by Crippen LogP contribution is -2.48. The summed E-state index contributed by atoms with van der Waals surface area (Å²) in [5.74, 6) is 0. The van der Waals surface area contributed by atoms with Gasteiger partial charge in [0.2, 0.25) is 0 Å². The number of rotatable bonds is 4. The Labute approximate surface area is 145 Å². The van der Waals surface area contributed by atoms with Gasteiger partial charge in [0.1, 0.15) is 0 Å². The molecule has 1 saturated heterocycles. The monoisotopic (exact) mass is 334 g/mol. The lowest BCUT2D eigenvalue weighted by atomic mass is 10.1. The number of nitrogens with one attached hydrogen (secondary N) is 1. The summed E-state index contributed by atoms with van der Waals surface area (Å²) >= 11 is 0. The van der Waals surface area contributed by atoms with Gasteiger partial charge in [0.25, 0.3) is 0 Å². The highest BCUT2D eigenvalue weighted by molar-refractivity contribution is 5.85. The van der Waals surface area contributed by atoms with Crippen molar-refractivity contribution in [3.63, 3.8) is 0 Å². The average Bonchev–Trinajstić information content (AvgIpc) is 2.76. The predicted octanol–water partition coefficient (Wildman–Crippen LogP) is 2.76. The van der Waals surface area contributed by atoms with Crippen molar-refractivity contribution in [3.8, 4) is 0 Å². The fourth-order valence-corrected chi connectivity index (χ4v) is 3.25. The molecule has 0 amide bonds. The Balaban J connectivity index is 0.00000192. The maximum absolute atomic E-state index is 4.76. The fraction of sp³-hybridized carbons (Fsp3) is 0.500. The van der Waals surface area contributed by atoms with E-state index in [-0.39, 0.29) is 12.4 Å². The van der Waals surface area contributed by atoms with Gasteiger partial charge in [0.05, 0.1) is 12.2 Å². The van der Waals surface area contributed by atoms with Gasteiger partial charge in [-0.25, -0.2) is 0 Å². The Morgan fingerprint density at radius 2 is 1.91 bits per heavy atom. The minimum Gasteiger partial charge on any atom is -0.312 e. The normalized spacial score (nSPS) is 18.7. The number of aromatic nitrogens is 2. The first-order chi connectivity index (χ1) is 10.6. The van der Waals surface area contributed by atoms with Crippen LogP contribution in [-0.2, 0) is 13.1 Å². The summed E-state index contributed by atoms with van der Waals surface area (Å²) in [6.45, 7) is 11.8. The average molecular weight is 335 g/mol. The van der Waals surface area contributed by atoms with Crippen LogP contribution in [0, 0.1) is 13.8 Å². The van der Waals surface area contributed by atoms with Crippen molar-refractivity contribution in [2.24, 2.45) is 0 Å². The van der Waals surface area contributed by atoms with Crippen molar-refractivity contribution < 1.29 is 0 Å². The van der Waals surface area contributed by atoms with Crippen LogP contribution in [0.1, 0.15) is 29.4 Å². The summed E-state index contributed by atoms with van der Waals surface area (Å²) < 4.78 is 2.14. The molecule has 0 aliphatic carbocycles. The first kappa shape index (κ1) is 18.0. The van der Waals surface area contributed by atoms with E-state index in [0.717, 1.165) is 32.7 Å². The highest BCUT2D eigenvalue weighted by Crippen LogP contribution is 2.18. The zero-order chi connectivity index (χ0) is 15.5. The maximum atomic E-state index is 4.76. The van der Waals surface area contributed by atoms with Gasteiger partial charge in [-0.3, -0.25) is 9.58 Å².